The third-order valence-electron chi connectivity index (χ3n) is 9.68. The number of hydrogen-bond donors (Lipinski definition) is 2. The first-order chi connectivity index (χ1) is 25.7. The van der Waals surface area contributed by atoms with Crippen LogP contribution in [0.3, 0.4) is 0 Å². The minimum Gasteiger partial charge on any atom is -0.497 e. The van der Waals surface area contributed by atoms with Crippen molar-refractivity contribution in [2.75, 3.05) is 45.1 Å². The first-order valence-electron chi connectivity index (χ1n) is 17.7. The van der Waals surface area contributed by atoms with Gasteiger partial charge >= 0.3 is 0 Å². The largest absolute Gasteiger partial charge is 0.497 e. The SMILES string of the molecule is COc1ccc(OC)c(C(=O)N2CCC[C@H]2C(=O)Nc2ccc(/C=C/c3ccc(NC(=O)[C@@H]4CCCN4C(=O)c4cc(C)ccc4OC)cc3)cc2)c1. The molecular formula is C42H44N4O7. The molecule has 11 heteroatoms. The van der Waals surface area contributed by atoms with Crippen molar-refractivity contribution in [1.29, 1.82) is 0 Å². The topological polar surface area (TPSA) is 127 Å². The number of carbonyl (C=O) groups excluding carboxylic acids is 4. The average molecular weight is 717 g/mol. The second-order valence-electron chi connectivity index (χ2n) is 13.1. The summed E-state index contributed by atoms with van der Waals surface area (Å²) in [6, 6.07) is 24.3. The molecule has 0 aromatic heterocycles. The molecule has 11 nitrogen and oxygen atoms in total. The summed E-state index contributed by atoms with van der Waals surface area (Å²) in [4.78, 5) is 56.8. The van der Waals surface area contributed by atoms with Crippen LogP contribution in [0.5, 0.6) is 17.2 Å². The molecule has 274 valence electrons. The molecule has 0 radical (unpaired) electrons. The van der Waals surface area contributed by atoms with Crippen molar-refractivity contribution in [3.63, 3.8) is 0 Å². The summed E-state index contributed by atoms with van der Waals surface area (Å²) in [5.74, 6) is 0.501. The number of hydrogen-bond acceptors (Lipinski definition) is 7. The molecule has 2 heterocycles. The number of carbonyl (C=O) groups is 4. The van der Waals surface area contributed by atoms with Crippen molar-refractivity contribution in [2.24, 2.45) is 0 Å². The van der Waals surface area contributed by atoms with E-state index in [1.807, 2.05) is 73.7 Å². The Labute approximate surface area is 309 Å². The van der Waals surface area contributed by atoms with Crippen molar-refractivity contribution in [1.82, 2.24) is 9.80 Å². The van der Waals surface area contributed by atoms with Gasteiger partial charge in [-0.25, -0.2) is 0 Å². The monoisotopic (exact) mass is 716 g/mol. The fraction of sp³-hybridized carbons (Fsp3) is 0.286. The molecule has 0 aliphatic carbocycles. The lowest BCUT2D eigenvalue weighted by atomic mass is 10.1. The molecule has 2 aliphatic rings. The van der Waals surface area contributed by atoms with Gasteiger partial charge in [-0.15, -0.1) is 0 Å². The van der Waals surface area contributed by atoms with Crippen molar-refractivity contribution < 1.29 is 33.4 Å². The number of methoxy groups -OCH3 is 3. The van der Waals surface area contributed by atoms with Crippen LogP contribution in [0.25, 0.3) is 12.2 Å². The van der Waals surface area contributed by atoms with Crippen LogP contribution >= 0.6 is 0 Å². The smallest absolute Gasteiger partial charge is 0.258 e. The van der Waals surface area contributed by atoms with Crippen molar-refractivity contribution in [2.45, 2.75) is 44.7 Å². The molecule has 2 atom stereocenters. The Morgan fingerprint density at radius 1 is 0.604 bits per heavy atom. The normalized spacial score (nSPS) is 16.8. The maximum Gasteiger partial charge on any atom is 0.258 e. The van der Waals surface area contributed by atoms with Crippen molar-refractivity contribution in [3.05, 3.63) is 113 Å². The highest BCUT2D eigenvalue weighted by Gasteiger charge is 2.37. The van der Waals surface area contributed by atoms with Crippen LogP contribution < -0.4 is 24.8 Å². The number of amides is 4. The Morgan fingerprint density at radius 3 is 1.51 bits per heavy atom. The Bertz CT molecular complexity index is 2010. The summed E-state index contributed by atoms with van der Waals surface area (Å²) in [5, 5.41) is 5.94. The van der Waals surface area contributed by atoms with Crippen LogP contribution in [-0.4, -0.2) is 79.9 Å². The third-order valence-corrected chi connectivity index (χ3v) is 9.68. The number of nitrogens with zero attached hydrogens (tertiary/aromatic N) is 2. The first kappa shape index (κ1) is 36.7. The van der Waals surface area contributed by atoms with E-state index in [1.54, 1.807) is 40.1 Å². The van der Waals surface area contributed by atoms with E-state index >= 15 is 0 Å². The molecule has 2 saturated heterocycles. The van der Waals surface area contributed by atoms with E-state index in [-0.39, 0.29) is 23.6 Å². The number of benzene rings is 4. The molecule has 53 heavy (non-hydrogen) atoms. The zero-order valence-corrected chi connectivity index (χ0v) is 30.4. The lowest BCUT2D eigenvalue weighted by Gasteiger charge is -2.25. The maximum atomic E-state index is 13.5. The molecule has 2 aliphatic heterocycles. The molecule has 4 aromatic carbocycles. The fourth-order valence-electron chi connectivity index (χ4n) is 6.84. The Balaban J connectivity index is 1.03. The molecule has 0 saturated carbocycles. The van der Waals surface area contributed by atoms with Crippen LogP contribution in [-0.2, 0) is 9.59 Å². The molecule has 2 N–H and O–H groups in total. The van der Waals surface area contributed by atoms with Gasteiger partial charge in [0.1, 0.15) is 29.3 Å². The highest BCUT2D eigenvalue weighted by Crippen LogP contribution is 2.30. The summed E-state index contributed by atoms with van der Waals surface area (Å²) in [7, 11) is 4.57. The van der Waals surface area contributed by atoms with Crippen LogP contribution in [0.15, 0.2) is 84.9 Å². The van der Waals surface area contributed by atoms with E-state index in [2.05, 4.69) is 10.6 Å². The molecule has 6 rings (SSSR count). The predicted molar refractivity (Wildman–Crippen MR) is 204 cm³/mol. The highest BCUT2D eigenvalue weighted by molar-refractivity contribution is 6.04. The second-order valence-corrected chi connectivity index (χ2v) is 13.1. The average Bonchev–Trinajstić information content (AvgIpc) is 3.89. The number of rotatable bonds is 11. The summed E-state index contributed by atoms with van der Waals surface area (Å²) < 4.78 is 16.1. The first-order valence-corrected chi connectivity index (χ1v) is 17.7. The molecule has 4 aromatic rings. The van der Waals surface area contributed by atoms with Gasteiger partial charge in [0.2, 0.25) is 11.8 Å². The van der Waals surface area contributed by atoms with E-state index in [4.69, 9.17) is 14.2 Å². The summed E-state index contributed by atoms with van der Waals surface area (Å²) in [6.07, 6.45) is 6.54. The van der Waals surface area contributed by atoms with E-state index in [0.29, 0.717) is 65.7 Å². The molecular weight excluding hydrogens is 672 g/mol. The van der Waals surface area contributed by atoms with Crippen LogP contribution in [0.4, 0.5) is 11.4 Å². The van der Waals surface area contributed by atoms with Gasteiger partial charge in [0.25, 0.3) is 11.8 Å². The van der Waals surface area contributed by atoms with E-state index in [9.17, 15) is 19.2 Å². The lowest BCUT2D eigenvalue weighted by molar-refractivity contribution is -0.120. The van der Waals surface area contributed by atoms with Gasteiger partial charge < -0.3 is 34.6 Å². The van der Waals surface area contributed by atoms with Gasteiger partial charge in [-0.05, 0) is 98.3 Å². The summed E-state index contributed by atoms with van der Waals surface area (Å²) in [6.45, 7) is 2.90. The molecule has 0 unspecified atom stereocenters. The Kier molecular flexibility index (Phi) is 11.4. The van der Waals surface area contributed by atoms with Crippen LogP contribution in [0, 0.1) is 6.92 Å². The van der Waals surface area contributed by atoms with Gasteiger partial charge in [-0.1, -0.05) is 48.0 Å². The standard InChI is InChI=1S/C42H44N4O7/c1-27-9-21-37(52-3)33(25-27)41(49)45-23-5-7-35(45)39(47)43-30-16-12-28(13-17-30)10-11-29-14-18-31(19-15-29)44-40(48)36-8-6-24-46(36)42(50)34-26-32(51-2)20-22-38(34)53-4/h9-22,25-26,35-36H,5-8,23-24H2,1-4H3,(H,43,47)(H,44,48)/b11-10+/t35-,36-/m0/s1. The predicted octanol–water partition coefficient (Wildman–Crippen LogP) is 6.68. The van der Waals surface area contributed by atoms with Crippen LogP contribution in [0.1, 0.15) is 63.1 Å². The van der Waals surface area contributed by atoms with Crippen LogP contribution in [0.2, 0.25) is 0 Å². The number of nitrogens with one attached hydrogen (secondary N) is 2. The second kappa shape index (κ2) is 16.5. The summed E-state index contributed by atoms with van der Waals surface area (Å²) in [5.41, 5.74) is 4.89. The quantitative estimate of drug-likeness (QED) is 0.166. The highest BCUT2D eigenvalue weighted by atomic mass is 16.5. The third kappa shape index (κ3) is 8.35. The van der Waals surface area contributed by atoms with Gasteiger partial charge in [0.15, 0.2) is 0 Å². The molecule has 0 bridgehead atoms. The van der Waals surface area contributed by atoms with Gasteiger partial charge in [-0.2, -0.15) is 0 Å². The Hall–Kier alpha value is -6.10. The van der Waals surface area contributed by atoms with Crippen molar-refractivity contribution >= 4 is 47.2 Å². The zero-order valence-electron chi connectivity index (χ0n) is 30.4. The lowest BCUT2D eigenvalue weighted by Crippen LogP contribution is -2.43. The van der Waals surface area contributed by atoms with E-state index < -0.39 is 12.1 Å². The number of ether oxygens (including phenoxy) is 3. The number of aryl methyl sites for hydroxylation is 1. The number of likely N-dealkylation sites (tertiary alicyclic amines) is 2. The van der Waals surface area contributed by atoms with Gasteiger partial charge in [0, 0.05) is 24.5 Å². The molecule has 2 fully saturated rings. The minimum absolute atomic E-state index is 0.210. The minimum atomic E-state index is -0.604. The zero-order chi connectivity index (χ0) is 37.5. The van der Waals surface area contributed by atoms with E-state index in [1.165, 1.54) is 21.3 Å². The van der Waals surface area contributed by atoms with Gasteiger partial charge in [-0.3, -0.25) is 19.2 Å². The van der Waals surface area contributed by atoms with Gasteiger partial charge in [0.05, 0.1) is 32.5 Å². The summed E-state index contributed by atoms with van der Waals surface area (Å²) >= 11 is 0. The number of anilines is 2. The Morgan fingerprint density at radius 2 is 1.06 bits per heavy atom. The molecule has 0 spiro atoms. The maximum absolute atomic E-state index is 13.5. The fourth-order valence-corrected chi connectivity index (χ4v) is 6.84. The molecule has 4 amide bonds. The van der Waals surface area contributed by atoms with Crippen molar-refractivity contribution in [3.8, 4) is 17.2 Å². The van der Waals surface area contributed by atoms with E-state index in [0.717, 1.165) is 29.5 Å².